The number of nitrogens with one attached hydrogen (secondary N) is 1. The highest BCUT2D eigenvalue weighted by atomic mass is 32.1. The maximum absolute atomic E-state index is 3.41. The van der Waals surface area contributed by atoms with Gasteiger partial charge in [-0.05, 0) is 51.8 Å². The van der Waals surface area contributed by atoms with Gasteiger partial charge in [0.15, 0.2) is 0 Å². The number of hydrogen-bond donors (Lipinski definition) is 1. The average Bonchev–Trinajstić information content (AvgIpc) is 3.01. The fraction of sp³-hybridized carbons (Fsp3) is 0.143. The van der Waals surface area contributed by atoms with E-state index in [1.165, 1.54) is 21.2 Å². The Kier molecular flexibility index (Phi) is 2.97. The van der Waals surface area contributed by atoms with Gasteiger partial charge in [-0.1, -0.05) is 18.2 Å². The first kappa shape index (κ1) is 11.0. The maximum atomic E-state index is 3.41. The van der Waals surface area contributed by atoms with Gasteiger partial charge in [0.1, 0.15) is 0 Å². The highest BCUT2D eigenvalue weighted by Gasteiger charge is 2.16. The van der Waals surface area contributed by atoms with Crippen LogP contribution in [0.5, 0.6) is 0 Å². The summed E-state index contributed by atoms with van der Waals surface area (Å²) in [6, 6.07) is 11.1. The Hall–Kier alpha value is -1.16. The van der Waals surface area contributed by atoms with Gasteiger partial charge in [0.25, 0.3) is 0 Å². The lowest BCUT2D eigenvalue weighted by molar-refractivity contribution is 0.701. The van der Waals surface area contributed by atoms with Gasteiger partial charge in [-0.3, -0.25) is 0 Å². The van der Waals surface area contributed by atoms with E-state index in [1.54, 1.807) is 11.3 Å². The smallest absolute Gasteiger partial charge is 0.0596 e. The molecule has 0 aliphatic rings. The van der Waals surface area contributed by atoms with Crippen LogP contribution in [0.2, 0.25) is 0 Å². The topological polar surface area (TPSA) is 12.0 Å². The number of rotatable bonds is 3. The van der Waals surface area contributed by atoms with Crippen LogP contribution in [0.25, 0.3) is 10.1 Å². The van der Waals surface area contributed by atoms with Crippen molar-refractivity contribution in [1.82, 2.24) is 5.32 Å². The van der Waals surface area contributed by atoms with E-state index in [2.05, 4.69) is 51.8 Å². The van der Waals surface area contributed by atoms with Crippen molar-refractivity contribution >= 4 is 32.8 Å². The van der Waals surface area contributed by atoms with Crippen molar-refractivity contribution < 1.29 is 0 Å². The SMILES string of the molecule is CNC(c1ccsc1)c1csc2ccccc12. The van der Waals surface area contributed by atoms with Crippen LogP contribution in [0, 0.1) is 0 Å². The first-order chi connectivity index (χ1) is 8.40. The zero-order valence-corrected chi connectivity index (χ0v) is 11.1. The normalized spacial score (nSPS) is 13.0. The predicted molar refractivity (Wildman–Crippen MR) is 77.0 cm³/mol. The summed E-state index contributed by atoms with van der Waals surface area (Å²) in [4.78, 5) is 0. The van der Waals surface area contributed by atoms with E-state index in [-0.39, 0.29) is 0 Å². The van der Waals surface area contributed by atoms with Gasteiger partial charge >= 0.3 is 0 Å². The molecule has 0 spiro atoms. The highest BCUT2D eigenvalue weighted by Crippen LogP contribution is 2.33. The molecule has 0 bridgehead atoms. The van der Waals surface area contributed by atoms with Crippen LogP contribution >= 0.6 is 22.7 Å². The quantitative estimate of drug-likeness (QED) is 0.740. The molecule has 0 amide bonds. The van der Waals surface area contributed by atoms with E-state index in [0.717, 1.165) is 0 Å². The fourth-order valence-electron chi connectivity index (χ4n) is 2.16. The molecule has 3 heteroatoms. The monoisotopic (exact) mass is 259 g/mol. The molecular formula is C14H13NS2. The molecular weight excluding hydrogens is 246 g/mol. The Morgan fingerprint density at radius 1 is 1.12 bits per heavy atom. The minimum Gasteiger partial charge on any atom is -0.309 e. The van der Waals surface area contributed by atoms with Crippen molar-refractivity contribution in [1.29, 1.82) is 0 Å². The molecule has 2 aromatic heterocycles. The molecule has 1 N–H and O–H groups in total. The third-order valence-corrected chi connectivity index (χ3v) is 4.67. The molecule has 2 heterocycles. The number of fused-ring (bicyclic) bond motifs is 1. The summed E-state index contributed by atoms with van der Waals surface area (Å²) in [5.41, 5.74) is 2.73. The summed E-state index contributed by atoms with van der Waals surface area (Å²) in [5.74, 6) is 0. The van der Waals surface area contributed by atoms with E-state index >= 15 is 0 Å². The first-order valence-electron chi connectivity index (χ1n) is 5.55. The lowest BCUT2D eigenvalue weighted by Crippen LogP contribution is -2.16. The molecule has 0 fully saturated rings. The molecule has 86 valence electrons. The second-order valence-electron chi connectivity index (χ2n) is 3.97. The number of thiophene rings is 2. The highest BCUT2D eigenvalue weighted by molar-refractivity contribution is 7.17. The van der Waals surface area contributed by atoms with E-state index in [1.807, 2.05) is 18.4 Å². The van der Waals surface area contributed by atoms with Gasteiger partial charge < -0.3 is 5.32 Å². The molecule has 3 aromatic rings. The minimum atomic E-state index is 0.303. The summed E-state index contributed by atoms with van der Waals surface area (Å²) in [5, 5.41) is 11.4. The largest absolute Gasteiger partial charge is 0.309 e. The van der Waals surface area contributed by atoms with Gasteiger partial charge in [0, 0.05) is 4.70 Å². The Bertz CT molecular complexity index is 610. The number of benzene rings is 1. The average molecular weight is 259 g/mol. The third-order valence-electron chi connectivity index (χ3n) is 2.99. The molecule has 0 saturated heterocycles. The second-order valence-corrected chi connectivity index (χ2v) is 5.66. The molecule has 0 aliphatic carbocycles. The van der Waals surface area contributed by atoms with Crippen LogP contribution in [0.1, 0.15) is 17.2 Å². The molecule has 0 aliphatic heterocycles. The second kappa shape index (κ2) is 4.61. The zero-order chi connectivity index (χ0) is 11.7. The molecule has 0 saturated carbocycles. The summed E-state index contributed by atoms with van der Waals surface area (Å²) >= 11 is 3.57. The van der Waals surface area contributed by atoms with E-state index < -0.39 is 0 Å². The maximum Gasteiger partial charge on any atom is 0.0596 e. The van der Waals surface area contributed by atoms with Crippen molar-refractivity contribution in [2.75, 3.05) is 7.05 Å². The van der Waals surface area contributed by atoms with Crippen LogP contribution in [-0.4, -0.2) is 7.05 Å². The van der Waals surface area contributed by atoms with Crippen LogP contribution in [-0.2, 0) is 0 Å². The number of hydrogen-bond acceptors (Lipinski definition) is 3. The van der Waals surface area contributed by atoms with E-state index in [4.69, 9.17) is 0 Å². The predicted octanol–water partition coefficient (Wildman–Crippen LogP) is 4.27. The van der Waals surface area contributed by atoms with Gasteiger partial charge in [0.2, 0.25) is 0 Å². The lowest BCUT2D eigenvalue weighted by atomic mass is 10.0. The van der Waals surface area contributed by atoms with Crippen LogP contribution in [0.3, 0.4) is 0 Å². The van der Waals surface area contributed by atoms with Crippen LogP contribution in [0.15, 0.2) is 46.5 Å². The van der Waals surface area contributed by atoms with Gasteiger partial charge in [-0.25, -0.2) is 0 Å². The molecule has 1 aromatic carbocycles. The first-order valence-corrected chi connectivity index (χ1v) is 7.38. The molecule has 17 heavy (non-hydrogen) atoms. The van der Waals surface area contributed by atoms with Crippen molar-refractivity contribution in [3.8, 4) is 0 Å². The Morgan fingerprint density at radius 2 is 2.00 bits per heavy atom. The van der Waals surface area contributed by atoms with Gasteiger partial charge in [0.05, 0.1) is 6.04 Å². The summed E-state index contributed by atoms with van der Waals surface area (Å²) in [7, 11) is 2.02. The van der Waals surface area contributed by atoms with Crippen molar-refractivity contribution in [2.24, 2.45) is 0 Å². The summed E-state index contributed by atoms with van der Waals surface area (Å²) in [6.07, 6.45) is 0. The molecule has 1 nitrogen and oxygen atoms in total. The van der Waals surface area contributed by atoms with E-state index in [0.29, 0.717) is 6.04 Å². The summed E-state index contributed by atoms with van der Waals surface area (Å²) < 4.78 is 1.36. The zero-order valence-electron chi connectivity index (χ0n) is 9.51. The Morgan fingerprint density at radius 3 is 2.76 bits per heavy atom. The Labute approximate surface area is 109 Å². The molecule has 0 radical (unpaired) electrons. The standard InChI is InChI=1S/C14H13NS2/c1-15-14(10-6-7-16-8-10)12-9-17-13-5-3-2-4-11(12)13/h2-9,14-15H,1H3. The molecule has 1 atom stereocenters. The summed E-state index contributed by atoms with van der Waals surface area (Å²) in [6.45, 7) is 0. The minimum absolute atomic E-state index is 0.303. The van der Waals surface area contributed by atoms with Crippen molar-refractivity contribution in [3.05, 3.63) is 57.6 Å². The lowest BCUT2D eigenvalue weighted by Gasteiger charge is -2.14. The fourth-order valence-corrected chi connectivity index (χ4v) is 3.84. The Balaban J connectivity index is 2.13. The van der Waals surface area contributed by atoms with Gasteiger partial charge in [-0.15, -0.1) is 11.3 Å². The van der Waals surface area contributed by atoms with Crippen molar-refractivity contribution in [3.63, 3.8) is 0 Å². The van der Waals surface area contributed by atoms with Crippen LogP contribution < -0.4 is 5.32 Å². The van der Waals surface area contributed by atoms with Crippen LogP contribution in [0.4, 0.5) is 0 Å². The molecule has 3 rings (SSSR count). The van der Waals surface area contributed by atoms with Gasteiger partial charge in [-0.2, -0.15) is 11.3 Å². The third kappa shape index (κ3) is 1.90. The van der Waals surface area contributed by atoms with Crippen molar-refractivity contribution in [2.45, 2.75) is 6.04 Å². The van der Waals surface area contributed by atoms with E-state index in [9.17, 15) is 0 Å². The molecule has 1 unspecified atom stereocenters.